The van der Waals surface area contributed by atoms with Crippen LogP contribution in [0, 0.1) is 0 Å². The molecule has 0 aromatic carbocycles. The first-order chi connectivity index (χ1) is 9.07. The van der Waals surface area contributed by atoms with Crippen LogP contribution in [0.3, 0.4) is 0 Å². The predicted octanol–water partition coefficient (Wildman–Crippen LogP) is 2.18. The van der Waals surface area contributed by atoms with Gasteiger partial charge in [0, 0.05) is 12.6 Å². The molecule has 1 aliphatic heterocycles. The number of likely N-dealkylation sites (tertiary alicyclic amines) is 1. The molecule has 0 saturated carbocycles. The monoisotopic (exact) mass is 270 g/mol. The Hall–Kier alpha value is -0.610. The van der Waals surface area contributed by atoms with Crippen molar-refractivity contribution in [3.63, 3.8) is 0 Å². The van der Waals surface area contributed by atoms with Crippen LogP contribution in [-0.4, -0.2) is 48.7 Å². The number of hydrogen-bond donors (Lipinski definition) is 1. The summed E-state index contributed by atoms with van der Waals surface area (Å²) in [6, 6.07) is 0.345. The van der Waals surface area contributed by atoms with Crippen LogP contribution < -0.4 is 5.32 Å². The first-order valence-electron chi connectivity index (χ1n) is 7.75. The Kier molecular flexibility index (Phi) is 6.80. The average Bonchev–Trinajstić information content (AvgIpc) is 2.62. The van der Waals surface area contributed by atoms with Crippen LogP contribution in [0.15, 0.2) is 0 Å². The number of hydrogen-bond acceptors (Lipinski definition) is 4. The minimum Gasteiger partial charge on any atom is -0.465 e. The molecule has 1 aliphatic rings. The molecule has 19 heavy (non-hydrogen) atoms. The molecule has 0 bridgehead atoms. The maximum atomic E-state index is 12.4. The molecule has 1 saturated heterocycles. The van der Waals surface area contributed by atoms with E-state index in [1.54, 1.807) is 0 Å². The maximum Gasteiger partial charge on any atom is 0.326 e. The molecule has 2 unspecified atom stereocenters. The van der Waals surface area contributed by atoms with Gasteiger partial charge in [0.25, 0.3) is 0 Å². The van der Waals surface area contributed by atoms with Crippen molar-refractivity contribution in [3.05, 3.63) is 0 Å². The van der Waals surface area contributed by atoms with Gasteiger partial charge < -0.3 is 9.64 Å². The normalized spacial score (nSPS) is 26.7. The van der Waals surface area contributed by atoms with Gasteiger partial charge in [-0.3, -0.25) is 10.1 Å². The molecule has 112 valence electrons. The van der Waals surface area contributed by atoms with Crippen molar-refractivity contribution in [1.29, 1.82) is 0 Å². The standard InChI is InChI=1S/C15H30N2O2/c1-5-13(4)16-15(14(18)19-7-3)9-8-11-17(6-2)12-10-15/h13,16H,5-12H2,1-4H3. The highest BCUT2D eigenvalue weighted by Crippen LogP contribution is 2.25. The number of carbonyl (C=O) groups excluding carboxylic acids is 1. The first kappa shape index (κ1) is 16.4. The van der Waals surface area contributed by atoms with Crippen molar-refractivity contribution < 1.29 is 9.53 Å². The summed E-state index contributed by atoms with van der Waals surface area (Å²) in [5.41, 5.74) is -0.477. The fourth-order valence-electron chi connectivity index (χ4n) is 2.76. The summed E-state index contributed by atoms with van der Waals surface area (Å²) >= 11 is 0. The van der Waals surface area contributed by atoms with E-state index in [9.17, 15) is 4.79 Å². The lowest BCUT2D eigenvalue weighted by Crippen LogP contribution is -2.56. The fraction of sp³-hybridized carbons (Fsp3) is 0.933. The lowest BCUT2D eigenvalue weighted by molar-refractivity contribution is -0.152. The van der Waals surface area contributed by atoms with E-state index in [2.05, 4.69) is 31.0 Å². The summed E-state index contributed by atoms with van der Waals surface area (Å²) in [5.74, 6) is -0.0618. The fourth-order valence-corrected chi connectivity index (χ4v) is 2.76. The van der Waals surface area contributed by atoms with Crippen molar-refractivity contribution in [2.75, 3.05) is 26.2 Å². The van der Waals surface area contributed by atoms with E-state index in [1.165, 1.54) is 0 Å². The maximum absolute atomic E-state index is 12.4. The Morgan fingerprint density at radius 3 is 2.63 bits per heavy atom. The molecule has 4 heteroatoms. The molecular weight excluding hydrogens is 240 g/mol. The molecule has 1 rings (SSSR count). The quantitative estimate of drug-likeness (QED) is 0.751. The van der Waals surface area contributed by atoms with Gasteiger partial charge in [-0.15, -0.1) is 0 Å². The highest BCUT2D eigenvalue weighted by atomic mass is 16.5. The number of ether oxygens (including phenoxy) is 1. The van der Waals surface area contributed by atoms with Gasteiger partial charge in [-0.2, -0.15) is 0 Å². The molecule has 1 fully saturated rings. The van der Waals surface area contributed by atoms with Crippen molar-refractivity contribution in [2.45, 2.75) is 65.0 Å². The second-order valence-electron chi connectivity index (χ2n) is 5.54. The van der Waals surface area contributed by atoms with Gasteiger partial charge in [-0.25, -0.2) is 0 Å². The second kappa shape index (κ2) is 7.85. The van der Waals surface area contributed by atoms with Gasteiger partial charge >= 0.3 is 5.97 Å². The van der Waals surface area contributed by atoms with Gasteiger partial charge in [-0.05, 0) is 52.6 Å². The Bertz CT molecular complexity index is 283. The number of nitrogens with zero attached hydrogens (tertiary/aromatic N) is 1. The van der Waals surface area contributed by atoms with Crippen molar-refractivity contribution in [2.24, 2.45) is 0 Å². The minimum atomic E-state index is -0.477. The molecule has 0 aromatic rings. The molecule has 0 aromatic heterocycles. The summed E-state index contributed by atoms with van der Waals surface area (Å²) in [4.78, 5) is 14.8. The second-order valence-corrected chi connectivity index (χ2v) is 5.54. The van der Waals surface area contributed by atoms with Crippen molar-refractivity contribution >= 4 is 5.97 Å². The third-order valence-electron chi connectivity index (χ3n) is 4.18. The average molecular weight is 270 g/mol. The van der Waals surface area contributed by atoms with Crippen LogP contribution >= 0.6 is 0 Å². The van der Waals surface area contributed by atoms with Crippen LogP contribution in [0.4, 0.5) is 0 Å². The molecule has 0 radical (unpaired) electrons. The van der Waals surface area contributed by atoms with Gasteiger partial charge in [0.2, 0.25) is 0 Å². The van der Waals surface area contributed by atoms with Gasteiger partial charge in [0.05, 0.1) is 6.61 Å². The molecule has 1 heterocycles. The van der Waals surface area contributed by atoms with Gasteiger partial charge in [0.1, 0.15) is 5.54 Å². The lowest BCUT2D eigenvalue weighted by atomic mass is 9.89. The van der Waals surface area contributed by atoms with Crippen LogP contribution in [0.1, 0.15) is 53.4 Å². The summed E-state index contributed by atoms with van der Waals surface area (Å²) in [6.45, 7) is 11.9. The lowest BCUT2D eigenvalue weighted by Gasteiger charge is -2.34. The summed E-state index contributed by atoms with van der Waals surface area (Å²) in [5, 5.41) is 3.55. The Morgan fingerprint density at radius 2 is 2.05 bits per heavy atom. The zero-order valence-corrected chi connectivity index (χ0v) is 13.0. The van der Waals surface area contributed by atoms with Crippen molar-refractivity contribution in [3.8, 4) is 0 Å². The third-order valence-corrected chi connectivity index (χ3v) is 4.18. The van der Waals surface area contributed by atoms with E-state index in [0.717, 1.165) is 45.3 Å². The molecule has 1 N–H and O–H groups in total. The van der Waals surface area contributed by atoms with E-state index in [-0.39, 0.29) is 5.97 Å². The molecule has 0 amide bonds. The summed E-state index contributed by atoms with van der Waals surface area (Å²) < 4.78 is 5.33. The molecular formula is C15H30N2O2. The van der Waals surface area contributed by atoms with Crippen molar-refractivity contribution in [1.82, 2.24) is 10.2 Å². The van der Waals surface area contributed by atoms with Gasteiger partial charge in [0.15, 0.2) is 0 Å². The zero-order chi connectivity index (χ0) is 14.3. The number of nitrogens with one attached hydrogen (secondary N) is 1. The van der Waals surface area contributed by atoms with E-state index in [0.29, 0.717) is 12.6 Å². The zero-order valence-electron chi connectivity index (χ0n) is 13.0. The minimum absolute atomic E-state index is 0.0618. The van der Waals surface area contributed by atoms with Gasteiger partial charge in [-0.1, -0.05) is 13.8 Å². The molecule has 2 atom stereocenters. The largest absolute Gasteiger partial charge is 0.465 e. The Balaban J connectivity index is 2.81. The van der Waals surface area contributed by atoms with E-state index >= 15 is 0 Å². The van der Waals surface area contributed by atoms with E-state index in [1.807, 2.05) is 6.92 Å². The third kappa shape index (κ3) is 4.46. The summed E-state index contributed by atoms with van der Waals surface area (Å²) in [6.07, 6.45) is 3.81. The van der Waals surface area contributed by atoms with Crippen LogP contribution in [0.2, 0.25) is 0 Å². The van der Waals surface area contributed by atoms with Crippen LogP contribution in [0.5, 0.6) is 0 Å². The molecule has 0 spiro atoms. The highest BCUT2D eigenvalue weighted by molar-refractivity contribution is 5.81. The number of esters is 1. The Morgan fingerprint density at radius 1 is 1.32 bits per heavy atom. The van der Waals surface area contributed by atoms with Crippen LogP contribution in [-0.2, 0) is 9.53 Å². The Labute approximate surface area is 117 Å². The number of rotatable bonds is 6. The highest BCUT2D eigenvalue weighted by Gasteiger charge is 2.41. The SMILES string of the molecule is CCOC(=O)C1(NC(C)CC)CCCN(CC)CC1. The predicted molar refractivity (Wildman–Crippen MR) is 78.2 cm³/mol. The van der Waals surface area contributed by atoms with E-state index < -0.39 is 5.54 Å². The topological polar surface area (TPSA) is 41.6 Å². The smallest absolute Gasteiger partial charge is 0.326 e. The number of carbonyl (C=O) groups is 1. The molecule has 0 aliphatic carbocycles. The van der Waals surface area contributed by atoms with E-state index in [4.69, 9.17) is 4.74 Å². The first-order valence-corrected chi connectivity index (χ1v) is 7.75. The summed E-state index contributed by atoms with van der Waals surface area (Å²) in [7, 11) is 0. The molecule has 4 nitrogen and oxygen atoms in total. The van der Waals surface area contributed by atoms with Crippen LogP contribution in [0.25, 0.3) is 0 Å².